The zero-order valence-electron chi connectivity index (χ0n) is 13.0. The zero-order valence-corrected chi connectivity index (χ0v) is 13.8. The third kappa shape index (κ3) is 4.21. The molecule has 0 saturated heterocycles. The van der Waals surface area contributed by atoms with Gasteiger partial charge in [0.2, 0.25) is 12.7 Å². The molecule has 1 heterocycles. The van der Waals surface area contributed by atoms with Crippen molar-refractivity contribution in [3.63, 3.8) is 0 Å². The molecule has 6 heteroatoms. The normalized spacial score (nSPS) is 11.8. The summed E-state index contributed by atoms with van der Waals surface area (Å²) in [6.45, 7) is 0.712. The Kier molecular flexibility index (Phi) is 5.24. The highest BCUT2D eigenvalue weighted by Gasteiger charge is 2.13. The molecule has 0 bridgehead atoms. The highest BCUT2D eigenvalue weighted by atomic mass is 32.2. The van der Waals surface area contributed by atoms with Crippen LogP contribution < -0.4 is 14.8 Å². The second-order valence-corrected chi connectivity index (χ2v) is 6.25. The Morgan fingerprint density at radius 2 is 1.88 bits per heavy atom. The number of benzene rings is 2. The Morgan fingerprint density at radius 3 is 2.67 bits per heavy atom. The van der Waals surface area contributed by atoms with Crippen molar-refractivity contribution in [2.24, 2.45) is 0 Å². The van der Waals surface area contributed by atoms with Crippen molar-refractivity contribution < 1.29 is 14.3 Å². The van der Waals surface area contributed by atoms with Gasteiger partial charge >= 0.3 is 0 Å². The van der Waals surface area contributed by atoms with E-state index >= 15 is 0 Å². The molecule has 0 radical (unpaired) electrons. The Hall–Kier alpha value is -2.65. The Balaban J connectivity index is 1.40. The van der Waals surface area contributed by atoms with Crippen LogP contribution in [0.3, 0.4) is 0 Å². The van der Waals surface area contributed by atoms with E-state index < -0.39 is 0 Å². The molecule has 0 aliphatic carbocycles. The molecule has 0 unspecified atom stereocenters. The molecule has 3 rings (SSSR count). The molecule has 2 aromatic carbocycles. The fourth-order valence-electron chi connectivity index (χ4n) is 2.24. The van der Waals surface area contributed by atoms with Crippen LogP contribution in [0.5, 0.6) is 11.5 Å². The quantitative estimate of drug-likeness (QED) is 0.875. The smallest absolute Gasteiger partial charge is 0.231 e. The first-order valence-corrected chi connectivity index (χ1v) is 8.62. The van der Waals surface area contributed by atoms with E-state index in [1.165, 1.54) is 0 Å². The molecule has 0 fully saturated rings. The lowest BCUT2D eigenvalue weighted by atomic mass is 10.2. The topological polar surface area (TPSA) is 71.4 Å². The number of ether oxygens (including phenoxy) is 2. The molecular weight excluding hydrogens is 324 g/mol. The van der Waals surface area contributed by atoms with Gasteiger partial charge in [-0.25, -0.2) is 0 Å². The van der Waals surface area contributed by atoms with Gasteiger partial charge in [0, 0.05) is 12.3 Å². The number of carbonyl (C=O) groups excluding carboxylic acids is 1. The lowest BCUT2D eigenvalue weighted by Gasteiger charge is -2.06. The number of carbonyl (C=O) groups is 1. The highest BCUT2D eigenvalue weighted by Crippen LogP contribution is 2.32. The molecule has 122 valence electrons. The third-order valence-corrected chi connectivity index (χ3v) is 4.52. The van der Waals surface area contributed by atoms with Crippen molar-refractivity contribution in [1.82, 2.24) is 5.32 Å². The fourth-order valence-corrected chi connectivity index (χ4v) is 3.06. The minimum absolute atomic E-state index is 0.00804. The Bertz CT molecular complexity index is 769. The summed E-state index contributed by atoms with van der Waals surface area (Å²) in [6, 6.07) is 15.1. The standard InChI is InChI=1S/C18H16N2O3S/c19-8-13-1-3-14(4-2-13)10-24-11-18(21)20-9-15-5-6-16-17(7-15)23-12-22-16/h1-7H,9-12H2,(H,20,21). The molecule has 0 saturated carbocycles. The number of rotatable bonds is 6. The van der Waals surface area contributed by atoms with Crippen molar-refractivity contribution in [2.75, 3.05) is 12.5 Å². The summed E-state index contributed by atoms with van der Waals surface area (Å²) in [5.74, 6) is 2.58. The van der Waals surface area contributed by atoms with E-state index in [0.29, 0.717) is 17.9 Å². The van der Waals surface area contributed by atoms with Gasteiger partial charge in [0.1, 0.15) is 0 Å². The van der Waals surface area contributed by atoms with Crippen molar-refractivity contribution in [2.45, 2.75) is 12.3 Å². The lowest BCUT2D eigenvalue weighted by molar-refractivity contribution is -0.118. The van der Waals surface area contributed by atoms with Gasteiger partial charge in [-0.15, -0.1) is 11.8 Å². The van der Waals surface area contributed by atoms with E-state index in [2.05, 4.69) is 11.4 Å². The summed E-state index contributed by atoms with van der Waals surface area (Å²) in [5, 5.41) is 11.7. The number of amides is 1. The first-order chi connectivity index (χ1) is 11.7. The molecule has 1 amide bonds. The predicted octanol–water partition coefficient (Wildman–Crippen LogP) is 2.84. The number of nitrogens with zero attached hydrogens (tertiary/aromatic N) is 1. The van der Waals surface area contributed by atoms with Crippen LogP contribution in [0.1, 0.15) is 16.7 Å². The van der Waals surface area contributed by atoms with E-state index in [-0.39, 0.29) is 12.7 Å². The van der Waals surface area contributed by atoms with E-state index in [9.17, 15) is 4.79 Å². The molecule has 1 N–H and O–H groups in total. The van der Waals surface area contributed by atoms with Crippen LogP contribution in [0.25, 0.3) is 0 Å². The number of nitriles is 1. The molecule has 0 atom stereocenters. The molecule has 0 spiro atoms. The molecule has 5 nitrogen and oxygen atoms in total. The first kappa shape index (κ1) is 16.2. The predicted molar refractivity (Wildman–Crippen MR) is 91.7 cm³/mol. The third-order valence-electron chi connectivity index (χ3n) is 3.51. The maximum atomic E-state index is 11.9. The van der Waals surface area contributed by atoms with Gasteiger partial charge < -0.3 is 14.8 Å². The van der Waals surface area contributed by atoms with Crippen LogP contribution in [0.15, 0.2) is 42.5 Å². The van der Waals surface area contributed by atoms with Crippen LogP contribution in [0.2, 0.25) is 0 Å². The van der Waals surface area contributed by atoms with Gasteiger partial charge in [-0.1, -0.05) is 18.2 Å². The summed E-state index contributed by atoms with van der Waals surface area (Å²) < 4.78 is 10.6. The van der Waals surface area contributed by atoms with Gasteiger partial charge in [-0.05, 0) is 35.4 Å². The summed E-state index contributed by atoms with van der Waals surface area (Å²) >= 11 is 1.54. The van der Waals surface area contributed by atoms with Crippen LogP contribution >= 0.6 is 11.8 Å². The van der Waals surface area contributed by atoms with Gasteiger partial charge in [0.05, 0.1) is 17.4 Å². The van der Waals surface area contributed by atoms with Gasteiger partial charge in [-0.2, -0.15) is 5.26 Å². The highest BCUT2D eigenvalue weighted by molar-refractivity contribution is 7.99. The van der Waals surface area contributed by atoms with E-state index in [1.807, 2.05) is 30.3 Å². The van der Waals surface area contributed by atoms with Crippen molar-refractivity contribution in [3.05, 3.63) is 59.2 Å². The minimum Gasteiger partial charge on any atom is -0.454 e. The number of hydrogen-bond acceptors (Lipinski definition) is 5. The summed E-state index contributed by atoms with van der Waals surface area (Å²) in [7, 11) is 0. The average molecular weight is 340 g/mol. The van der Waals surface area contributed by atoms with Crippen LogP contribution in [-0.2, 0) is 17.1 Å². The maximum absolute atomic E-state index is 11.9. The van der Waals surface area contributed by atoms with Gasteiger partial charge in [-0.3, -0.25) is 4.79 Å². The van der Waals surface area contributed by atoms with Crippen molar-refractivity contribution >= 4 is 17.7 Å². The van der Waals surface area contributed by atoms with E-state index in [1.54, 1.807) is 23.9 Å². The first-order valence-electron chi connectivity index (χ1n) is 7.46. The Morgan fingerprint density at radius 1 is 1.12 bits per heavy atom. The summed E-state index contributed by atoms with van der Waals surface area (Å²) in [6.07, 6.45) is 0. The van der Waals surface area contributed by atoms with Crippen LogP contribution in [-0.4, -0.2) is 18.5 Å². The molecule has 2 aromatic rings. The van der Waals surface area contributed by atoms with Gasteiger partial charge in [0.15, 0.2) is 11.5 Å². The largest absolute Gasteiger partial charge is 0.454 e. The number of nitrogens with one attached hydrogen (secondary N) is 1. The molecule has 24 heavy (non-hydrogen) atoms. The SMILES string of the molecule is N#Cc1ccc(CSCC(=O)NCc2ccc3c(c2)OCO3)cc1. The fraction of sp³-hybridized carbons (Fsp3) is 0.222. The maximum Gasteiger partial charge on any atom is 0.231 e. The Labute approximate surface area is 144 Å². The zero-order chi connectivity index (χ0) is 16.8. The number of fused-ring (bicyclic) bond motifs is 1. The second kappa shape index (κ2) is 7.75. The van der Waals surface area contributed by atoms with Gasteiger partial charge in [0.25, 0.3) is 0 Å². The second-order valence-electron chi connectivity index (χ2n) is 5.27. The minimum atomic E-state index is -0.00804. The van der Waals surface area contributed by atoms with Crippen LogP contribution in [0, 0.1) is 11.3 Å². The van der Waals surface area contributed by atoms with Crippen LogP contribution in [0.4, 0.5) is 0 Å². The molecule has 0 aromatic heterocycles. The lowest BCUT2D eigenvalue weighted by Crippen LogP contribution is -2.24. The summed E-state index contributed by atoms with van der Waals surface area (Å²) in [4.78, 5) is 11.9. The molecule has 1 aliphatic heterocycles. The van der Waals surface area contributed by atoms with Crippen molar-refractivity contribution in [1.29, 1.82) is 5.26 Å². The summed E-state index contributed by atoms with van der Waals surface area (Å²) in [5.41, 5.74) is 2.72. The number of hydrogen-bond donors (Lipinski definition) is 1. The van der Waals surface area contributed by atoms with Crippen molar-refractivity contribution in [3.8, 4) is 17.6 Å². The van der Waals surface area contributed by atoms with E-state index in [4.69, 9.17) is 14.7 Å². The number of thioether (sulfide) groups is 1. The van der Waals surface area contributed by atoms with E-state index in [0.717, 1.165) is 28.4 Å². The average Bonchev–Trinajstić information content (AvgIpc) is 3.08. The molecular formula is C18H16N2O3S. The molecule has 1 aliphatic rings. The monoisotopic (exact) mass is 340 g/mol.